The molecule has 27 heavy (non-hydrogen) atoms. The summed E-state index contributed by atoms with van der Waals surface area (Å²) in [5.41, 5.74) is 0.667. The van der Waals surface area contributed by atoms with Crippen molar-refractivity contribution in [2.75, 3.05) is 62.3 Å². The Balaban J connectivity index is 1.86. The van der Waals surface area contributed by atoms with Crippen molar-refractivity contribution in [1.29, 1.82) is 0 Å². The normalized spacial score (nSPS) is 16.0. The van der Waals surface area contributed by atoms with E-state index < -0.39 is 10.0 Å². The largest absolute Gasteiger partial charge is 0.368 e. The van der Waals surface area contributed by atoms with E-state index >= 15 is 0 Å². The van der Waals surface area contributed by atoms with Crippen LogP contribution in [0, 0.1) is 0 Å². The summed E-state index contributed by atoms with van der Waals surface area (Å²) in [5.74, 6) is 1.12. The third kappa shape index (κ3) is 5.16. The molecule has 2 aromatic rings. The molecular weight excluding hydrogens is 390 g/mol. The van der Waals surface area contributed by atoms with Gasteiger partial charge < -0.3 is 15.1 Å². The number of nitrogens with one attached hydrogen (secondary N) is 2. The number of pyridine rings is 1. The van der Waals surface area contributed by atoms with Gasteiger partial charge in [-0.1, -0.05) is 18.5 Å². The maximum Gasteiger partial charge on any atom is 0.228 e. The van der Waals surface area contributed by atoms with Crippen LogP contribution in [0.1, 0.15) is 6.92 Å². The van der Waals surface area contributed by atoms with Gasteiger partial charge in [-0.25, -0.2) is 23.1 Å². The van der Waals surface area contributed by atoms with Crippen molar-refractivity contribution in [3.63, 3.8) is 0 Å². The molecule has 0 saturated carbocycles. The first-order chi connectivity index (χ1) is 12.9. The lowest BCUT2D eigenvalue weighted by Crippen LogP contribution is -2.45. The second kappa shape index (κ2) is 8.51. The molecule has 0 aliphatic carbocycles. The lowest BCUT2D eigenvalue weighted by atomic mass is 10.3. The van der Waals surface area contributed by atoms with Gasteiger partial charge in [-0.3, -0.25) is 0 Å². The maximum absolute atomic E-state index is 11.9. The molecule has 1 fully saturated rings. The molecule has 0 radical (unpaired) electrons. The van der Waals surface area contributed by atoms with Gasteiger partial charge in [-0.2, -0.15) is 4.98 Å². The van der Waals surface area contributed by atoms with Gasteiger partial charge in [0.05, 0.1) is 17.5 Å². The first-order valence-electron chi connectivity index (χ1n) is 8.86. The molecule has 0 spiro atoms. The van der Waals surface area contributed by atoms with Crippen molar-refractivity contribution < 1.29 is 8.42 Å². The zero-order chi connectivity index (χ0) is 19.4. The molecule has 0 atom stereocenters. The van der Waals surface area contributed by atoms with E-state index in [4.69, 9.17) is 11.6 Å². The average Bonchev–Trinajstić information content (AvgIpc) is 2.62. The zero-order valence-electron chi connectivity index (χ0n) is 15.4. The van der Waals surface area contributed by atoms with Crippen LogP contribution in [0.2, 0.25) is 5.15 Å². The molecule has 0 aromatic carbocycles. The summed E-state index contributed by atoms with van der Waals surface area (Å²) in [6.07, 6.45) is 1.61. The highest BCUT2D eigenvalue weighted by molar-refractivity contribution is 7.89. The van der Waals surface area contributed by atoms with Crippen molar-refractivity contribution in [2.24, 2.45) is 0 Å². The molecule has 0 unspecified atom stereocenters. The summed E-state index contributed by atoms with van der Waals surface area (Å²) in [6, 6.07) is 1.69. The summed E-state index contributed by atoms with van der Waals surface area (Å²) in [6.45, 7) is 5.87. The Labute approximate surface area is 164 Å². The molecule has 3 heterocycles. The average molecular weight is 414 g/mol. The minimum absolute atomic E-state index is 0.0466. The molecule has 3 rings (SSSR count). The fraction of sp³-hybridized carbons (Fsp3) is 0.562. The molecule has 0 bridgehead atoms. The van der Waals surface area contributed by atoms with Gasteiger partial charge in [-0.15, -0.1) is 0 Å². The minimum Gasteiger partial charge on any atom is -0.368 e. The number of nitrogens with zero attached hydrogens (tertiary/aromatic N) is 5. The van der Waals surface area contributed by atoms with Gasteiger partial charge in [0.1, 0.15) is 11.0 Å². The standard InChI is InChI=1S/C16H24ClN7O2S/c1-3-20-27(25,26)9-4-18-15-12-10-14(17)19-11-13(12)21-16(22-15)24-7-5-23(2)6-8-24/h10-11,20H,3-9H2,1-2H3,(H,18,21,22). The first kappa shape index (κ1) is 20.0. The Morgan fingerprint density at radius 3 is 2.67 bits per heavy atom. The van der Waals surface area contributed by atoms with Gasteiger partial charge >= 0.3 is 0 Å². The predicted molar refractivity (Wildman–Crippen MR) is 108 cm³/mol. The lowest BCUT2D eigenvalue weighted by molar-refractivity contribution is 0.311. The summed E-state index contributed by atoms with van der Waals surface area (Å²) < 4.78 is 26.2. The first-order valence-corrected chi connectivity index (χ1v) is 10.9. The second-order valence-electron chi connectivity index (χ2n) is 6.43. The number of piperazine rings is 1. The van der Waals surface area contributed by atoms with Crippen LogP contribution < -0.4 is 14.9 Å². The minimum atomic E-state index is -3.31. The Bertz CT molecular complexity index is 901. The highest BCUT2D eigenvalue weighted by Crippen LogP contribution is 2.25. The Hall–Kier alpha value is -1.75. The number of halogens is 1. The Morgan fingerprint density at radius 1 is 1.22 bits per heavy atom. The second-order valence-corrected chi connectivity index (χ2v) is 8.74. The van der Waals surface area contributed by atoms with Gasteiger partial charge in [0.15, 0.2) is 0 Å². The highest BCUT2D eigenvalue weighted by Gasteiger charge is 2.19. The SMILES string of the molecule is CCNS(=O)(=O)CCNc1nc(N2CCN(C)CC2)nc2cnc(Cl)cc12. The molecule has 1 aliphatic rings. The topological polar surface area (TPSA) is 103 Å². The van der Waals surface area contributed by atoms with E-state index in [0.29, 0.717) is 34.4 Å². The van der Waals surface area contributed by atoms with Crippen LogP contribution in [-0.2, 0) is 10.0 Å². The zero-order valence-corrected chi connectivity index (χ0v) is 17.0. The smallest absolute Gasteiger partial charge is 0.228 e. The quantitative estimate of drug-likeness (QED) is 0.642. The van der Waals surface area contributed by atoms with Crippen molar-refractivity contribution in [3.8, 4) is 0 Å². The molecule has 2 aromatic heterocycles. The van der Waals surface area contributed by atoms with E-state index in [1.807, 2.05) is 0 Å². The summed E-state index contributed by atoms with van der Waals surface area (Å²) >= 11 is 6.03. The molecule has 2 N–H and O–H groups in total. The fourth-order valence-electron chi connectivity index (χ4n) is 2.87. The van der Waals surface area contributed by atoms with Gasteiger partial charge in [0.2, 0.25) is 16.0 Å². The molecule has 148 valence electrons. The van der Waals surface area contributed by atoms with E-state index in [9.17, 15) is 8.42 Å². The Morgan fingerprint density at radius 2 is 1.96 bits per heavy atom. The number of hydrogen-bond donors (Lipinski definition) is 2. The number of aromatic nitrogens is 3. The van der Waals surface area contributed by atoms with Crippen LogP contribution in [0.15, 0.2) is 12.3 Å². The molecule has 0 amide bonds. The third-order valence-corrected chi connectivity index (χ3v) is 6.03. The van der Waals surface area contributed by atoms with Crippen LogP contribution >= 0.6 is 11.6 Å². The van der Waals surface area contributed by atoms with Crippen LogP contribution in [0.3, 0.4) is 0 Å². The van der Waals surface area contributed by atoms with Crippen LogP contribution in [-0.4, -0.2) is 80.3 Å². The molecular formula is C16H24ClN7O2S. The van der Waals surface area contributed by atoms with Crippen LogP contribution in [0.5, 0.6) is 0 Å². The number of likely N-dealkylation sites (N-methyl/N-ethyl adjacent to an activating group) is 1. The maximum atomic E-state index is 11.9. The molecule has 1 saturated heterocycles. The summed E-state index contributed by atoms with van der Waals surface area (Å²) in [4.78, 5) is 17.7. The molecule has 11 heteroatoms. The van der Waals surface area contributed by atoms with Crippen molar-refractivity contribution in [1.82, 2.24) is 24.6 Å². The number of sulfonamides is 1. The van der Waals surface area contributed by atoms with Crippen LogP contribution in [0.25, 0.3) is 10.9 Å². The van der Waals surface area contributed by atoms with Crippen molar-refractivity contribution >= 4 is 44.3 Å². The van der Waals surface area contributed by atoms with E-state index in [2.05, 4.69) is 41.8 Å². The van der Waals surface area contributed by atoms with E-state index in [1.54, 1.807) is 19.2 Å². The number of anilines is 2. The molecule has 9 nitrogen and oxygen atoms in total. The van der Waals surface area contributed by atoms with E-state index in [1.165, 1.54) is 0 Å². The van der Waals surface area contributed by atoms with Crippen LogP contribution in [0.4, 0.5) is 11.8 Å². The number of hydrogen-bond acceptors (Lipinski definition) is 8. The summed E-state index contributed by atoms with van der Waals surface area (Å²) in [7, 11) is -1.22. The highest BCUT2D eigenvalue weighted by atomic mass is 35.5. The lowest BCUT2D eigenvalue weighted by Gasteiger charge is -2.32. The van der Waals surface area contributed by atoms with Gasteiger partial charge in [0.25, 0.3) is 0 Å². The number of fused-ring (bicyclic) bond motifs is 1. The fourth-order valence-corrected chi connectivity index (χ4v) is 3.99. The van der Waals surface area contributed by atoms with E-state index in [-0.39, 0.29) is 12.3 Å². The summed E-state index contributed by atoms with van der Waals surface area (Å²) in [5, 5.41) is 4.18. The van der Waals surface area contributed by atoms with Crippen molar-refractivity contribution in [2.45, 2.75) is 6.92 Å². The Kier molecular flexibility index (Phi) is 6.30. The van der Waals surface area contributed by atoms with E-state index in [0.717, 1.165) is 26.2 Å². The third-order valence-electron chi connectivity index (χ3n) is 4.35. The van der Waals surface area contributed by atoms with Crippen molar-refractivity contribution in [3.05, 3.63) is 17.4 Å². The number of rotatable bonds is 7. The molecule has 1 aliphatic heterocycles. The van der Waals surface area contributed by atoms with Gasteiger partial charge in [0, 0.05) is 44.7 Å². The predicted octanol–water partition coefficient (Wildman–Crippen LogP) is 0.781. The van der Waals surface area contributed by atoms with Gasteiger partial charge in [-0.05, 0) is 13.1 Å². The monoisotopic (exact) mass is 413 g/mol.